The Labute approximate surface area is 79.7 Å². The van der Waals surface area contributed by atoms with Crippen LogP contribution in [0.15, 0.2) is 12.1 Å². The molecule has 1 N–H and O–H groups in total. The fraction of sp³-hybridized carbons (Fsp3) is 0.333. The number of hydrogen-bond acceptors (Lipinski definition) is 1. The highest BCUT2D eigenvalue weighted by molar-refractivity contribution is 6.30. The predicted molar refractivity (Wildman–Crippen MR) is 47.0 cm³/mol. The Bertz CT molecular complexity index is 337. The van der Waals surface area contributed by atoms with Gasteiger partial charge in [0, 0.05) is 19.0 Å². The van der Waals surface area contributed by atoms with Gasteiger partial charge in [0.05, 0.1) is 5.02 Å². The van der Waals surface area contributed by atoms with Crippen LogP contribution in [0.2, 0.25) is 5.02 Å². The SMILES string of the molecule is Fc1cc(C2CNC2)c(F)cc1Cl. The summed E-state index contributed by atoms with van der Waals surface area (Å²) in [6.07, 6.45) is 0. The van der Waals surface area contributed by atoms with E-state index in [-0.39, 0.29) is 10.9 Å². The summed E-state index contributed by atoms with van der Waals surface area (Å²) in [6, 6.07) is 2.22. The fourth-order valence-electron chi connectivity index (χ4n) is 1.36. The summed E-state index contributed by atoms with van der Waals surface area (Å²) in [4.78, 5) is 0. The van der Waals surface area contributed by atoms with Gasteiger partial charge in [-0.1, -0.05) is 11.6 Å². The van der Waals surface area contributed by atoms with Crippen molar-refractivity contribution in [1.29, 1.82) is 0 Å². The van der Waals surface area contributed by atoms with Gasteiger partial charge in [-0.25, -0.2) is 8.78 Å². The average Bonchev–Trinajstić information content (AvgIpc) is 1.96. The Morgan fingerprint density at radius 1 is 1.23 bits per heavy atom. The fourth-order valence-corrected chi connectivity index (χ4v) is 1.51. The summed E-state index contributed by atoms with van der Waals surface area (Å²) in [5, 5.41) is 2.84. The summed E-state index contributed by atoms with van der Waals surface area (Å²) in [5.41, 5.74) is 0.417. The lowest BCUT2D eigenvalue weighted by Crippen LogP contribution is -2.40. The van der Waals surface area contributed by atoms with Crippen LogP contribution in [0.25, 0.3) is 0 Å². The maximum atomic E-state index is 13.2. The number of nitrogens with one attached hydrogen (secondary N) is 1. The van der Waals surface area contributed by atoms with Crippen LogP contribution >= 0.6 is 11.6 Å². The molecule has 1 aromatic rings. The summed E-state index contributed by atoms with van der Waals surface area (Å²) in [5.74, 6) is -0.880. The average molecular weight is 204 g/mol. The molecule has 0 aromatic heterocycles. The molecule has 2 rings (SSSR count). The van der Waals surface area contributed by atoms with Gasteiger partial charge < -0.3 is 5.32 Å². The highest BCUT2D eigenvalue weighted by atomic mass is 35.5. The van der Waals surface area contributed by atoms with E-state index >= 15 is 0 Å². The van der Waals surface area contributed by atoms with Crippen LogP contribution in [0.4, 0.5) is 8.78 Å². The summed E-state index contributed by atoms with van der Waals surface area (Å²) in [7, 11) is 0. The van der Waals surface area contributed by atoms with Crippen LogP contribution in [-0.4, -0.2) is 13.1 Å². The monoisotopic (exact) mass is 203 g/mol. The molecular formula is C9H8ClF2N. The van der Waals surface area contributed by atoms with E-state index in [1.54, 1.807) is 0 Å². The van der Waals surface area contributed by atoms with E-state index in [9.17, 15) is 8.78 Å². The second kappa shape index (κ2) is 3.24. The third-order valence-electron chi connectivity index (χ3n) is 2.26. The van der Waals surface area contributed by atoms with Crippen LogP contribution in [0.5, 0.6) is 0 Å². The Balaban J connectivity index is 2.39. The molecule has 1 aliphatic rings. The van der Waals surface area contributed by atoms with Crippen molar-refractivity contribution in [2.45, 2.75) is 5.92 Å². The van der Waals surface area contributed by atoms with Crippen LogP contribution in [-0.2, 0) is 0 Å². The zero-order valence-corrected chi connectivity index (χ0v) is 7.54. The first kappa shape index (κ1) is 8.91. The lowest BCUT2D eigenvalue weighted by molar-refractivity contribution is 0.428. The molecule has 0 amide bonds. The van der Waals surface area contributed by atoms with Crippen molar-refractivity contribution >= 4 is 11.6 Å². The van der Waals surface area contributed by atoms with Gasteiger partial charge in [0.15, 0.2) is 0 Å². The lowest BCUT2D eigenvalue weighted by Gasteiger charge is -2.27. The molecule has 0 aliphatic carbocycles. The highest BCUT2D eigenvalue weighted by Gasteiger charge is 2.23. The molecule has 4 heteroatoms. The standard InChI is InChI=1S/C9H8ClF2N/c10-7-2-8(11)6(1-9(7)12)5-3-13-4-5/h1-2,5,13H,3-4H2. The van der Waals surface area contributed by atoms with E-state index in [0.29, 0.717) is 18.7 Å². The van der Waals surface area contributed by atoms with Crippen molar-refractivity contribution in [3.05, 3.63) is 34.4 Å². The smallest absolute Gasteiger partial charge is 0.142 e. The van der Waals surface area contributed by atoms with Crippen LogP contribution in [0.3, 0.4) is 0 Å². The molecule has 0 saturated carbocycles. The van der Waals surface area contributed by atoms with Crippen LogP contribution < -0.4 is 5.32 Å². The van der Waals surface area contributed by atoms with Crippen molar-refractivity contribution < 1.29 is 8.78 Å². The van der Waals surface area contributed by atoms with Crippen LogP contribution in [0, 0.1) is 11.6 Å². The number of halogens is 3. The van der Waals surface area contributed by atoms with Gasteiger partial charge >= 0.3 is 0 Å². The Hall–Kier alpha value is -0.670. The summed E-state index contributed by atoms with van der Waals surface area (Å²) in [6.45, 7) is 1.41. The molecular weight excluding hydrogens is 196 g/mol. The molecule has 70 valence electrons. The Morgan fingerprint density at radius 3 is 2.46 bits per heavy atom. The zero-order valence-electron chi connectivity index (χ0n) is 6.78. The molecule has 1 aliphatic heterocycles. The maximum Gasteiger partial charge on any atom is 0.142 e. The van der Waals surface area contributed by atoms with Crippen molar-refractivity contribution in [2.75, 3.05) is 13.1 Å². The molecule has 1 heterocycles. The largest absolute Gasteiger partial charge is 0.315 e. The first-order valence-corrected chi connectivity index (χ1v) is 4.41. The third-order valence-corrected chi connectivity index (χ3v) is 2.55. The molecule has 0 atom stereocenters. The predicted octanol–water partition coefficient (Wildman–Crippen LogP) is 2.31. The molecule has 0 radical (unpaired) electrons. The van der Waals surface area contributed by atoms with E-state index in [2.05, 4.69) is 5.32 Å². The molecule has 0 spiro atoms. The van der Waals surface area contributed by atoms with E-state index in [0.717, 1.165) is 6.07 Å². The van der Waals surface area contributed by atoms with Gasteiger partial charge in [-0.15, -0.1) is 0 Å². The van der Waals surface area contributed by atoms with Gasteiger partial charge in [0.2, 0.25) is 0 Å². The van der Waals surface area contributed by atoms with Crippen molar-refractivity contribution in [3.63, 3.8) is 0 Å². The topological polar surface area (TPSA) is 12.0 Å². The second-order valence-corrected chi connectivity index (χ2v) is 3.55. The van der Waals surface area contributed by atoms with E-state index in [4.69, 9.17) is 11.6 Å². The first-order chi connectivity index (χ1) is 6.18. The Morgan fingerprint density at radius 2 is 1.92 bits per heavy atom. The minimum absolute atomic E-state index is 0.0896. The van der Waals surface area contributed by atoms with Crippen molar-refractivity contribution in [1.82, 2.24) is 5.32 Å². The molecule has 0 unspecified atom stereocenters. The quantitative estimate of drug-likeness (QED) is 0.691. The molecule has 0 bridgehead atoms. The third kappa shape index (κ3) is 1.54. The minimum atomic E-state index is -0.551. The van der Waals surface area contributed by atoms with Gasteiger partial charge in [-0.05, 0) is 17.7 Å². The number of hydrogen-bond donors (Lipinski definition) is 1. The highest BCUT2D eigenvalue weighted by Crippen LogP contribution is 2.27. The van der Waals surface area contributed by atoms with Crippen molar-refractivity contribution in [3.8, 4) is 0 Å². The molecule has 1 fully saturated rings. The zero-order chi connectivity index (χ0) is 9.42. The lowest BCUT2D eigenvalue weighted by atomic mass is 9.93. The second-order valence-electron chi connectivity index (χ2n) is 3.14. The number of rotatable bonds is 1. The summed E-state index contributed by atoms with van der Waals surface area (Å²) >= 11 is 5.42. The summed E-state index contributed by atoms with van der Waals surface area (Å²) < 4.78 is 26.2. The van der Waals surface area contributed by atoms with Gasteiger partial charge in [-0.2, -0.15) is 0 Å². The van der Waals surface area contributed by atoms with Crippen LogP contribution in [0.1, 0.15) is 11.5 Å². The van der Waals surface area contributed by atoms with Gasteiger partial charge in [0.1, 0.15) is 11.6 Å². The minimum Gasteiger partial charge on any atom is -0.315 e. The Kier molecular flexibility index (Phi) is 2.22. The maximum absolute atomic E-state index is 13.2. The molecule has 1 aromatic carbocycles. The molecule has 1 nitrogen and oxygen atoms in total. The molecule has 13 heavy (non-hydrogen) atoms. The first-order valence-electron chi connectivity index (χ1n) is 4.03. The van der Waals surface area contributed by atoms with E-state index in [1.807, 2.05) is 0 Å². The van der Waals surface area contributed by atoms with Gasteiger partial charge in [0.25, 0.3) is 0 Å². The van der Waals surface area contributed by atoms with Gasteiger partial charge in [-0.3, -0.25) is 0 Å². The van der Waals surface area contributed by atoms with Crippen molar-refractivity contribution in [2.24, 2.45) is 0 Å². The van der Waals surface area contributed by atoms with E-state index in [1.165, 1.54) is 6.07 Å². The van der Waals surface area contributed by atoms with E-state index < -0.39 is 11.6 Å². The normalized spacial score (nSPS) is 17.2. The number of benzene rings is 1. The molecule has 1 saturated heterocycles.